The Kier molecular flexibility index (Phi) is 6.71. The van der Waals surface area contributed by atoms with Crippen LogP contribution in [-0.4, -0.2) is 12.8 Å². The van der Waals surface area contributed by atoms with Crippen LogP contribution in [0.2, 0.25) is 0 Å². The van der Waals surface area contributed by atoms with Crippen molar-refractivity contribution in [3.8, 4) is 6.07 Å². The smallest absolute Gasteiger partial charge is 0.0656 e. The molecule has 62 valence electrons. The third kappa shape index (κ3) is 7.05. The molecule has 0 fully saturated rings. The molecule has 0 saturated heterocycles. The van der Waals surface area contributed by atoms with Crippen LogP contribution in [0.3, 0.4) is 0 Å². The summed E-state index contributed by atoms with van der Waals surface area (Å²) in [5, 5.41) is 8.43. The summed E-state index contributed by atoms with van der Waals surface area (Å²) in [6.07, 6.45) is 4.99. The molecule has 2 nitrogen and oxygen atoms in total. The van der Waals surface area contributed by atoms with Gasteiger partial charge in [-0.05, 0) is 26.0 Å². The molecule has 11 heavy (non-hydrogen) atoms. The molecule has 0 heterocycles. The molecule has 0 rings (SSSR count). The first-order valence-electron chi connectivity index (χ1n) is 4.19. The molecule has 2 heteroatoms. The predicted octanol–water partition coefficient (Wildman–Crippen LogP) is 2.41. The zero-order valence-electron chi connectivity index (χ0n) is 7.38. The van der Waals surface area contributed by atoms with E-state index in [2.05, 4.69) is 18.0 Å². The fourth-order valence-electron chi connectivity index (χ4n) is 0.626. The molecular weight excluding hydrogens is 136 g/mol. The molecule has 0 bridgehead atoms. The number of aliphatic imine (C=N–C) groups is 1. The second-order valence-corrected chi connectivity index (χ2v) is 2.71. The van der Waals surface area contributed by atoms with Gasteiger partial charge in [0.1, 0.15) is 0 Å². The average molecular weight is 152 g/mol. The van der Waals surface area contributed by atoms with Gasteiger partial charge in [-0.1, -0.05) is 13.3 Å². The number of rotatable bonds is 5. The van der Waals surface area contributed by atoms with E-state index in [1.807, 2.05) is 13.1 Å². The summed E-state index contributed by atoms with van der Waals surface area (Å²) in [5.41, 5.74) is 0. The highest BCUT2D eigenvalue weighted by Gasteiger charge is 1.93. The number of unbranched alkanes of at least 4 members (excludes halogenated alkanes) is 1. The van der Waals surface area contributed by atoms with Gasteiger partial charge in [0.25, 0.3) is 0 Å². The van der Waals surface area contributed by atoms with Crippen molar-refractivity contribution in [2.75, 3.05) is 6.54 Å². The first-order chi connectivity index (χ1) is 5.31. The fourth-order valence-corrected chi connectivity index (χ4v) is 0.626. The van der Waals surface area contributed by atoms with Gasteiger partial charge in [0, 0.05) is 12.5 Å². The van der Waals surface area contributed by atoms with E-state index >= 15 is 0 Å². The van der Waals surface area contributed by atoms with Gasteiger partial charge >= 0.3 is 0 Å². The van der Waals surface area contributed by atoms with Gasteiger partial charge in [-0.25, -0.2) is 0 Å². The summed E-state index contributed by atoms with van der Waals surface area (Å²) in [6.45, 7) is 4.97. The minimum Gasteiger partial charge on any atom is -0.297 e. The third-order valence-corrected chi connectivity index (χ3v) is 1.45. The van der Waals surface area contributed by atoms with Crippen molar-refractivity contribution in [1.82, 2.24) is 0 Å². The molecule has 0 aromatic rings. The topological polar surface area (TPSA) is 36.1 Å². The minimum absolute atomic E-state index is 0.111. The van der Waals surface area contributed by atoms with Crippen molar-refractivity contribution >= 4 is 6.21 Å². The molecule has 0 aromatic carbocycles. The van der Waals surface area contributed by atoms with E-state index in [1.165, 1.54) is 6.42 Å². The maximum atomic E-state index is 8.43. The summed E-state index contributed by atoms with van der Waals surface area (Å²) in [5.74, 6) is 0.111. The number of hydrogen-bond donors (Lipinski definition) is 0. The van der Waals surface area contributed by atoms with Crippen LogP contribution in [0.25, 0.3) is 0 Å². The molecule has 0 radical (unpaired) electrons. The maximum Gasteiger partial charge on any atom is 0.0656 e. The normalized spacial score (nSPS) is 13.2. The maximum absolute atomic E-state index is 8.43. The van der Waals surface area contributed by atoms with Crippen LogP contribution >= 0.6 is 0 Å². The molecule has 0 aliphatic heterocycles. The fraction of sp³-hybridized carbons (Fsp3) is 0.778. The van der Waals surface area contributed by atoms with Gasteiger partial charge in [0.2, 0.25) is 0 Å². The lowest BCUT2D eigenvalue weighted by Gasteiger charge is -1.93. The predicted molar refractivity (Wildman–Crippen MR) is 47.7 cm³/mol. The Hall–Kier alpha value is -0.840. The van der Waals surface area contributed by atoms with E-state index in [0.717, 1.165) is 19.4 Å². The lowest BCUT2D eigenvalue weighted by molar-refractivity contribution is 0.777. The largest absolute Gasteiger partial charge is 0.297 e. The monoisotopic (exact) mass is 152 g/mol. The summed E-state index contributed by atoms with van der Waals surface area (Å²) in [7, 11) is 0. The molecule has 1 unspecified atom stereocenters. The molecule has 0 saturated carbocycles. The van der Waals surface area contributed by atoms with Crippen LogP contribution in [0.5, 0.6) is 0 Å². The molecular formula is C9H16N2. The first kappa shape index (κ1) is 10.2. The van der Waals surface area contributed by atoms with E-state index in [0.29, 0.717) is 0 Å². The SMILES string of the molecule is CCCC/N=C\CC(C)C#N. The van der Waals surface area contributed by atoms with Crippen molar-refractivity contribution in [2.45, 2.75) is 33.1 Å². The van der Waals surface area contributed by atoms with Crippen LogP contribution in [0.1, 0.15) is 33.1 Å². The van der Waals surface area contributed by atoms with Crippen LogP contribution in [0, 0.1) is 17.2 Å². The molecule has 0 aliphatic carbocycles. The van der Waals surface area contributed by atoms with Gasteiger partial charge in [0.05, 0.1) is 6.07 Å². The van der Waals surface area contributed by atoms with Crippen molar-refractivity contribution in [3.05, 3.63) is 0 Å². The zero-order chi connectivity index (χ0) is 8.53. The molecule has 0 spiro atoms. The lowest BCUT2D eigenvalue weighted by atomic mass is 10.1. The van der Waals surface area contributed by atoms with Gasteiger partial charge in [-0.15, -0.1) is 0 Å². The second kappa shape index (κ2) is 7.27. The van der Waals surface area contributed by atoms with Crippen LogP contribution < -0.4 is 0 Å². The van der Waals surface area contributed by atoms with Gasteiger partial charge < -0.3 is 0 Å². The quantitative estimate of drug-likeness (QED) is 0.440. The summed E-state index contributed by atoms with van der Waals surface area (Å²) in [6, 6.07) is 2.16. The van der Waals surface area contributed by atoms with Crippen molar-refractivity contribution in [3.63, 3.8) is 0 Å². The Labute approximate surface area is 68.9 Å². The van der Waals surface area contributed by atoms with Crippen LogP contribution in [-0.2, 0) is 0 Å². The van der Waals surface area contributed by atoms with E-state index in [4.69, 9.17) is 5.26 Å². The molecule has 0 N–H and O–H groups in total. The van der Waals surface area contributed by atoms with Crippen LogP contribution in [0.4, 0.5) is 0 Å². The van der Waals surface area contributed by atoms with Crippen molar-refractivity contribution in [2.24, 2.45) is 10.9 Å². The number of nitrogens with zero attached hydrogens (tertiary/aromatic N) is 2. The van der Waals surface area contributed by atoms with E-state index in [1.54, 1.807) is 0 Å². The third-order valence-electron chi connectivity index (χ3n) is 1.45. The average Bonchev–Trinajstić information content (AvgIpc) is 2.04. The molecule has 0 aliphatic rings. The Morgan fingerprint density at radius 1 is 1.64 bits per heavy atom. The number of hydrogen-bond acceptors (Lipinski definition) is 2. The lowest BCUT2D eigenvalue weighted by Crippen LogP contribution is -1.90. The van der Waals surface area contributed by atoms with Gasteiger partial charge in [-0.3, -0.25) is 4.99 Å². The summed E-state index contributed by atoms with van der Waals surface area (Å²) < 4.78 is 0. The molecule has 0 amide bonds. The van der Waals surface area contributed by atoms with E-state index in [9.17, 15) is 0 Å². The summed E-state index contributed by atoms with van der Waals surface area (Å²) in [4.78, 5) is 4.17. The van der Waals surface area contributed by atoms with Gasteiger partial charge in [-0.2, -0.15) is 5.26 Å². The van der Waals surface area contributed by atoms with E-state index < -0.39 is 0 Å². The van der Waals surface area contributed by atoms with Crippen molar-refractivity contribution in [1.29, 1.82) is 5.26 Å². The zero-order valence-corrected chi connectivity index (χ0v) is 7.38. The minimum atomic E-state index is 0.111. The Balaban J connectivity index is 3.24. The highest BCUT2D eigenvalue weighted by atomic mass is 14.7. The number of nitriles is 1. The Bertz CT molecular complexity index is 144. The molecule has 1 atom stereocenters. The van der Waals surface area contributed by atoms with Crippen molar-refractivity contribution < 1.29 is 0 Å². The second-order valence-electron chi connectivity index (χ2n) is 2.71. The highest BCUT2D eigenvalue weighted by molar-refractivity contribution is 5.57. The molecule has 0 aromatic heterocycles. The van der Waals surface area contributed by atoms with E-state index in [-0.39, 0.29) is 5.92 Å². The highest BCUT2D eigenvalue weighted by Crippen LogP contribution is 1.95. The Morgan fingerprint density at radius 3 is 2.91 bits per heavy atom. The standard InChI is InChI=1S/C9H16N2/c1-3-4-6-11-7-5-9(2)8-10/h7,9H,3-6H2,1-2H3/b11-7-. The first-order valence-corrected chi connectivity index (χ1v) is 4.19. The van der Waals surface area contributed by atoms with Gasteiger partial charge in [0.15, 0.2) is 0 Å². The summed E-state index contributed by atoms with van der Waals surface area (Å²) >= 11 is 0. The van der Waals surface area contributed by atoms with Crippen LogP contribution in [0.15, 0.2) is 4.99 Å². The Morgan fingerprint density at radius 2 is 2.36 bits per heavy atom.